The molecular formula is C26H25N3O4. The Morgan fingerprint density at radius 2 is 1.79 bits per heavy atom. The van der Waals surface area contributed by atoms with Crippen molar-refractivity contribution in [3.63, 3.8) is 0 Å². The van der Waals surface area contributed by atoms with Crippen molar-refractivity contribution < 1.29 is 13.9 Å². The molecule has 1 atom stereocenters. The van der Waals surface area contributed by atoms with Crippen molar-refractivity contribution in [3.8, 4) is 5.75 Å². The van der Waals surface area contributed by atoms with E-state index in [-0.39, 0.29) is 5.91 Å². The van der Waals surface area contributed by atoms with Gasteiger partial charge in [-0.05, 0) is 42.3 Å². The third kappa shape index (κ3) is 4.88. The van der Waals surface area contributed by atoms with Crippen LogP contribution in [0.5, 0.6) is 5.75 Å². The Labute approximate surface area is 191 Å². The number of carbonyl (C=O) groups is 1. The molecule has 0 radical (unpaired) electrons. The largest absolute Gasteiger partial charge is 0.495 e. The van der Waals surface area contributed by atoms with Gasteiger partial charge < -0.3 is 25.1 Å². The van der Waals surface area contributed by atoms with E-state index in [1.165, 1.54) is 7.11 Å². The highest BCUT2D eigenvalue weighted by Gasteiger charge is 2.18. The van der Waals surface area contributed by atoms with E-state index >= 15 is 0 Å². The van der Waals surface area contributed by atoms with Crippen LogP contribution >= 0.6 is 0 Å². The fourth-order valence-electron chi connectivity index (χ4n) is 3.61. The van der Waals surface area contributed by atoms with Crippen LogP contribution in [0.25, 0.3) is 11.0 Å². The normalized spacial score (nSPS) is 11.7. The van der Waals surface area contributed by atoms with Crippen molar-refractivity contribution >= 4 is 33.9 Å². The molecule has 0 aliphatic carbocycles. The number of fused-ring (bicyclic) bond motifs is 1. The fourth-order valence-corrected chi connectivity index (χ4v) is 3.61. The van der Waals surface area contributed by atoms with Gasteiger partial charge in [0, 0.05) is 18.1 Å². The fraction of sp³-hybridized carbons (Fsp3) is 0.154. The highest BCUT2D eigenvalue weighted by Crippen LogP contribution is 2.32. The van der Waals surface area contributed by atoms with Gasteiger partial charge in [0.25, 0.3) is 0 Å². The van der Waals surface area contributed by atoms with Crippen LogP contribution in [-0.4, -0.2) is 26.1 Å². The van der Waals surface area contributed by atoms with Crippen LogP contribution in [-0.2, 0) is 11.2 Å². The van der Waals surface area contributed by atoms with Gasteiger partial charge in [0.05, 0.1) is 18.8 Å². The molecule has 3 aromatic carbocycles. The Morgan fingerprint density at radius 1 is 1.06 bits per heavy atom. The van der Waals surface area contributed by atoms with Gasteiger partial charge in [-0.3, -0.25) is 4.79 Å². The van der Waals surface area contributed by atoms with Crippen LogP contribution in [0.2, 0.25) is 0 Å². The van der Waals surface area contributed by atoms with E-state index in [4.69, 9.17) is 14.9 Å². The first-order valence-electron chi connectivity index (χ1n) is 10.5. The number of anilines is 3. The standard InChI is InChI=1S/C26H25N3O4/c1-29(22-15-18-10-6-7-11-23(18)33-26(22)31)19-12-13-24(32-2)21(16-19)28-25(30)20(27)14-17-8-4-3-5-9-17/h3-13,15-16,20H,14,27H2,1-2H3,(H,28,30). The summed E-state index contributed by atoms with van der Waals surface area (Å²) in [4.78, 5) is 27.0. The predicted molar refractivity (Wildman–Crippen MR) is 130 cm³/mol. The number of hydrogen-bond donors (Lipinski definition) is 2. The van der Waals surface area contributed by atoms with Crippen molar-refractivity contribution in [2.45, 2.75) is 12.5 Å². The zero-order valence-electron chi connectivity index (χ0n) is 18.4. The van der Waals surface area contributed by atoms with Crippen LogP contribution in [0.15, 0.2) is 88.1 Å². The molecule has 7 heteroatoms. The van der Waals surface area contributed by atoms with Crippen LogP contribution in [0.3, 0.4) is 0 Å². The van der Waals surface area contributed by atoms with E-state index in [0.717, 1.165) is 10.9 Å². The summed E-state index contributed by atoms with van der Waals surface area (Å²) < 4.78 is 10.9. The van der Waals surface area contributed by atoms with Gasteiger partial charge >= 0.3 is 5.63 Å². The molecule has 4 rings (SSSR count). The number of hydrogen-bond acceptors (Lipinski definition) is 6. The number of nitrogens with two attached hydrogens (primary N) is 1. The molecule has 0 spiro atoms. The molecule has 3 N–H and O–H groups in total. The smallest absolute Gasteiger partial charge is 0.360 e. The van der Waals surface area contributed by atoms with E-state index < -0.39 is 11.7 Å². The SMILES string of the molecule is COc1ccc(N(C)c2cc3ccccc3oc2=O)cc1NC(=O)C(N)Cc1ccccc1. The molecule has 7 nitrogen and oxygen atoms in total. The van der Waals surface area contributed by atoms with Gasteiger partial charge in [-0.25, -0.2) is 4.79 Å². The molecule has 1 amide bonds. The molecule has 0 saturated heterocycles. The molecule has 0 fully saturated rings. The van der Waals surface area contributed by atoms with Gasteiger partial charge in [0.2, 0.25) is 5.91 Å². The van der Waals surface area contributed by atoms with E-state index in [0.29, 0.717) is 34.8 Å². The van der Waals surface area contributed by atoms with Crippen LogP contribution in [0.4, 0.5) is 17.1 Å². The quantitative estimate of drug-likeness (QED) is 0.418. The number of rotatable bonds is 7. The minimum Gasteiger partial charge on any atom is -0.495 e. The van der Waals surface area contributed by atoms with Crippen molar-refractivity contribution in [3.05, 3.63) is 94.8 Å². The topological polar surface area (TPSA) is 97.8 Å². The Hall–Kier alpha value is -4.10. The van der Waals surface area contributed by atoms with E-state index in [2.05, 4.69) is 5.32 Å². The van der Waals surface area contributed by atoms with Gasteiger partial charge in [-0.2, -0.15) is 0 Å². The average Bonchev–Trinajstić information content (AvgIpc) is 2.83. The van der Waals surface area contributed by atoms with Crippen molar-refractivity contribution in [1.29, 1.82) is 0 Å². The second-order valence-corrected chi connectivity index (χ2v) is 7.69. The van der Waals surface area contributed by atoms with Gasteiger partial charge in [0.1, 0.15) is 17.0 Å². The summed E-state index contributed by atoms with van der Waals surface area (Å²) >= 11 is 0. The number of methoxy groups -OCH3 is 1. The zero-order valence-corrected chi connectivity index (χ0v) is 18.4. The monoisotopic (exact) mass is 443 g/mol. The Kier molecular flexibility index (Phi) is 6.42. The number of nitrogens with one attached hydrogen (secondary N) is 1. The number of ether oxygens (including phenoxy) is 1. The molecule has 1 aromatic heterocycles. The molecule has 0 aliphatic heterocycles. The van der Waals surface area contributed by atoms with Crippen LogP contribution in [0.1, 0.15) is 5.56 Å². The van der Waals surface area contributed by atoms with E-state index in [1.807, 2.05) is 48.5 Å². The Bertz CT molecular complexity index is 1330. The third-order valence-corrected chi connectivity index (χ3v) is 5.45. The second-order valence-electron chi connectivity index (χ2n) is 7.69. The van der Waals surface area contributed by atoms with Crippen LogP contribution < -0.4 is 26.3 Å². The summed E-state index contributed by atoms with van der Waals surface area (Å²) in [5.41, 5.74) is 8.68. The molecule has 0 saturated carbocycles. The van der Waals surface area contributed by atoms with Crippen molar-refractivity contribution in [2.24, 2.45) is 5.73 Å². The lowest BCUT2D eigenvalue weighted by Crippen LogP contribution is -2.37. The summed E-state index contributed by atoms with van der Waals surface area (Å²) in [6.07, 6.45) is 0.409. The number of para-hydroxylation sites is 1. The van der Waals surface area contributed by atoms with Gasteiger partial charge in [-0.15, -0.1) is 0 Å². The summed E-state index contributed by atoms with van der Waals surface area (Å²) in [5, 5.41) is 3.67. The Balaban J connectivity index is 1.59. The average molecular weight is 444 g/mol. The maximum absolute atomic E-state index is 12.8. The molecule has 168 valence electrons. The summed E-state index contributed by atoms with van der Waals surface area (Å²) in [6.45, 7) is 0. The second kappa shape index (κ2) is 9.58. The van der Waals surface area contributed by atoms with E-state index in [9.17, 15) is 9.59 Å². The van der Waals surface area contributed by atoms with Crippen LogP contribution in [0, 0.1) is 0 Å². The molecule has 1 unspecified atom stereocenters. The summed E-state index contributed by atoms with van der Waals surface area (Å²) in [7, 11) is 3.28. The Morgan fingerprint density at radius 3 is 2.55 bits per heavy atom. The number of carbonyl (C=O) groups excluding carboxylic acids is 1. The first-order valence-corrected chi connectivity index (χ1v) is 10.5. The first kappa shape index (κ1) is 22.1. The number of benzene rings is 3. The van der Waals surface area contributed by atoms with E-state index in [1.54, 1.807) is 42.3 Å². The van der Waals surface area contributed by atoms with Gasteiger partial charge in [-0.1, -0.05) is 48.5 Å². The minimum atomic E-state index is -0.731. The van der Waals surface area contributed by atoms with Gasteiger partial charge in [0.15, 0.2) is 0 Å². The molecule has 0 aliphatic rings. The summed E-state index contributed by atoms with van der Waals surface area (Å²) in [6, 6.07) is 23.2. The minimum absolute atomic E-state index is 0.331. The highest BCUT2D eigenvalue weighted by atomic mass is 16.5. The maximum atomic E-state index is 12.8. The number of nitrogens with zero attached hydrogens (tertiary/aromatic N) is 1. The molecule has 0 bridgehead atoms. The zero-order chi connectivity index (χ0) is 23.4. The molecule has 4 aromatic rings. The third-order valence-electron chi connectivity index (χ3n) is 5.45. The highest BCUT2D eigenvalue weighted by molar-refractivity contribution is 5.97. The lowest BCUT2D eigenvalue weighted by atomic mass is 10.1. The maximum Gasteiger partial charge on any atom is 0.360 e. The van der Waals surface area contributed by atoms with Crippen molar-refractivity contribution in [2.75, 3.05) is 24.4 Å². The molecular weight excluding hydrogens is 418 g/mol. The van der Waals surface area contributed by atoms with Crippen molar-refractivity contribution in [1.82, 2.24) is 0 Å². The molecule has 33 heavy (non-hydrogen) atoms. The lowest BCUT2D eigenvalue weighted by Gasteiger charge is -2.21. The number of amides is 1. The summed E-state index contributed by atoms with van der Waals surface area (Å²) in [5.74, 6) is 0.153. The lowest BCUT2D eigenvalue weighted by molar-refractivity contribution is -0.117. The predicted octanol–water partition coefficient (Wildman–Crippen LogP) is 4.08. The molecule has 1 heterocycles. The first-order chi connectivity index (χ1) is 16.0.